The number of aliphatic hydroxyl groups excluding tert-OH is 1. The normalized spacial score (nSPS) is 18.7. The zero-order chi connectivity index (χ0) is 13.1. The van der Waals surface area contributed by atoms with Crippen LogP contribution in [-0.2, 0) is 11.2 Å². The Balaban J connectivity index is 2.04. The van der Waals surface area contributed by atoms with E-state index in [0.29, 0.717) is 29.5 Å². The van der Waals surface area contributed by atoms with E-state index in [1.54, 1.807) is 0 Å². The van der Waals surface area contributed by atoms with Crippen LogP contribution in [0, 0.1) is 11.7 Å². The third-order valence-corrected chi connectivity index (χ3v) is 3.63. The molecule has 1 fully saturated rings. The van der Waals surface area contributed by atoms with Gasteiger partial charge in [0.1, 0.15) is 5.82 Å². The quantitative estimate of drug-likeness (QED) is 0.862. The van der Waals surface area contributed by atoms with Gasteiger partial charge < -0.3 is 9.84 Å². The lowest BCUT2D eigenvalue weighted by molar-refractivity contribution is -0.0439. The molecule has 4 heteroatoms. The van der Waals surface area contributed by atoms with E-state index in [4.69, 9.17) is 16.3 Å². The molecule has 1 aromatic rings. The lowest BCUT2D eigenvalue weighted by Crippen LogP contribution is -2.33. The van der Waals surface area contributed by atoms with Gasteiger partial charge in [-0.2, -0.15) is 0 Å². The summed E-state index contributed by atoms with van der Waals surface area (Å²) < 4.78 is 18.7. The molecule has 1 aliphatic carbocycles. The Kier molecular flexibility index (Phi) is 4.60. The van der Waals surface area contributed by atoms with E-state index in [1.165, 1.54) is 18.2 Å². The monoisotopic (exact) mass is 272 g/mol. The molecule has 0 saturated heterocycles. The molecule has 100 valence electrons. The summed E-state index contributed by atoms with van der Waals surface area (Å²) in [5, 5.41) is 10.7. The fourth-order valence-corrected chi connectivity index (χ4v) is 2.41. The zero-order valence-corrected chi connectivity index (χ0v) is 11.2. The van der Waals surface area contributed by atoms with Gasteiger partial charge >= 0.3 is 0 Å². The van der Waals surface area contributed by atoms with E-state index < -0.39 is 6.10 Å². The van der Waals surface area contributed by atoms with Gasteiger partial charge in [0.25, 0.3) is 0 Å². The Bertz CT molecular complexity index is 407. The Morgan fingerprint density at radius 2 is 2.22 bits per heavy atom. The Labute approximate surface area is 112 Å². The molecule has 0 heterocycles. The van der Waals surface area contributed by atoms with Crippen LogP contribution in [-0.4, -0.2) is 23.9 Å². The van der Waals surface area contributed by atoms with E-state index in [0.717, 1.165) is 12.8 Å². The van der Waals surface area contributed by atoms with Crippen LogP contribution in [0.5, 0.6) is 0 Å². The van der Waals surface area contributed by atoms with Crippen molar-refractivity contribution >= 4 is 11.6 Å². The minimum Gasteiger partial charge on any atom is -0.390 e. The summed E-state index contributed by atoms with van der Waals surface area (Å²) in [5.74, 6) is 0.105. The highest BCUT2D eigenvalue weighted by Crippen LogP contribution is 2.36. The summed E-state index contributed by atoms with van der Waals surface area (Å²) in [6.45, 7) is 2.49. The maximum atomic E-state index is 13.1. The number of hydrogen-bond acceptors (Lipinski definition) is 2. The predicted octanol–water partition coefficient (Wildman–Crippen LogP) is 3.20. The third-order valence-electron chi connectivity index (χ3n) is 3.26. The summed E-state index contributed by atoms with van der Waals surface area (Å²) in [7, 11) is 0. The second-order valence-electron chi connectivity index (χ2n) is 4.76. The van der Waals surface area contributed by atoms with Crippen LogP contribution in [0.25, 0.3) is 0 Å². The highest BCUT2D eigenvalue weighted by molar-refractivity contribution is 6.31. The Hall–Kier alpha value is -0.640. The molecular weight excluding hydrogens is 255 g/mol. The zero-order valence-electron chi connectivity index (χ0n) is 10.4. The summed E-state index contributed by atoms with van der Waals surface area (Å²) in [6.07, 6.45) is 1.74. The SMILES string of the molecule is CCOC(C(O)Cc1cc(F)ccc1Cl)C1CC1. The number of aliphatic hydroxyl groups is 1. The van der Waals surface area contributed by atoms with E-state index in [1.807, 2.05) is 6.92 Å². The Morgan fingerprint density at radius 3 is 2.83 bits per heavy atom. The number of rotatable bonds is 6. The van der Waals surface area contributed by atoms with Gasteiger partial charge in [-0.3, -0.25) is 0 Å². The van der Waals surface area contributed by atoms with Crippen molar-refractivity contribution in [2.45, 2.75) is 38.4 Å². The maximum Gasteiger partial charge on any atom is 0.123 e. The molecule has 1 aliphatic rings. The van der Waals surface area contributed by atoms with Crippen LogP contribution >= 0.6 is 11.6 Å². The first-order valence-electron chi connectivity index (χ1n) is 6.35. The molecule has 0 bridgehead atoms. The molecule has 2 rings (SSSR count). The molecule has 2 unspecified atom stereocenters. The number of halogens is 2. The van der Waals surface area contributed by atoms with E-state index in [-0.39, 0.29) is 11.9 Å². The van der Waals surface area contributed by atoms with Gasteiger partial charge in [0.15, 0.2) is 0 Å². The van der Waals surface area contributed by atoms with Crippen molar-refractivity contribution in [1.29, 1.82) is 0 Å². The van der Waals surface area contributed by atoms with Crippen molar-refractivity contribution in [3.8, 4) is 0 Å². The van der Waals surface area contributed by atoms with Gasteiger partial charge in [-0.25, -0.2) is 4.39 Å². The second-order valence-corrected chi connectivity index (χ2v) is 5.17. The molecule has 2 atom stereocenters. The first-order chi connectivity index (χ1) is 8.61. The van der Waals surface area contributed by atoms with Crippen LogP contribution in [0.15, 0.2) is 18.2 Å². The molecule has 0 amide bonds. The maximum absolute atomic E-state index is 13.1. The Morgan fingerprint density at radius 1 is 1.50 bits per heavy atom. The standard InChI is InChI=1S/C14H18ClFO2/c1-2-18-14(9-3-4-9)13(17)8-10-7-11(16)5-6-12(10)15/h5-7,9,13-14,17H,2-4,8H2,1H3. The average Bonchev–Trinajstić information content (AvgIpc) is 3.14. The van der Waals surface area contributed by atoms with E-state index in [9.17, 15) is 9.50 Å². The van der Waals surface area contributed by atoms with Crippen LogP contribution in [0.3, 0.4) is 0 Å². The predicted molar refractivity (Wildman–Crippen MR) is 69.3 cm³/mol. The van der Waals surface area contributed by atoms with Gasteiger partial charge in [-0.05, 0) is 49.4 Å². The number of benzene rings is 1. The van der Waals surface area contributed by atoms with Gasteiger partial charge in [0.05, 0.1) is 12.2 Å². The lowest BCUT2D eigenvalue weighted by atomic mass is 10.0. The largest absolute Gasteiger partial charge is 0.390 e. The van der Waals surface area contributed by atoms with Crippen molar-refractivity contribution in [3.63, 3.8) is 0 Å². The molecule has 0 aliphatic heterocycles. The fourth-order valence-electron chi connectivity index (χ4n) is 2.22. The second kappa shape index (κ2) is 6.00. The molecule has 2 nitrogen and oxygen atoms in total. The van der Waals surface area contributed by atoms with Crippen molar-refractivity contribution < 1.29 is 14.2 Å². The van der Waals surface area contributed by atoms with Crippen molar-refractivity contribution in [2.24, 2.45) is 5.92 Å². The van der Waals surface area contributed by atoms with Gasteiger partial charge in [-0.1, -0.05) is 11.6 Å². The summed E-state index contributed by atoms with van der Waals surface area (Å²) >= 11 is 6.00. The number of ether oxygens (including phenoxy) is 1. The molecule has 0 spiro atoms. The molecule has 18 heavy (non-hydrogen) atoms. The van der Waals surface area contributed by atoms with E-state index in [2.05, 4.69) is 0 Å². The number of hydrogen-bond donors (Lipinski definition) is 1. The van der Waals surface area contributed by atoms with Crippen LogP contribution in [0.1, 0.15) is 25.3 Å². The third kappa shape index (κ3) is 3.44. The summed E-state index contributed by atoms with van der Waals surface area (Å²) in [4.78, 5) is 0. The van der Waals surface area contributed by atoms with Crippen molar-refractivity contribution in [1.82, 2.24) is 0 Å². The molecule has 0 aromatic heterocycles. The van der Waals surface area contributed by atoms with E-state index >= 15 is 0 Å². The lowest BCUT2D eigenvalue weighted by Gasteiger charge is -2.23. The first-order valence-corrected chi connectivity index (χ1v) is 6.73. The highest BCUT2D eigenvalue weighted by Gasteiger charge is 2.36. The molecule has 1 N–H and O–H groups in total. The molecule has 0 radical (unpaired) electrons. The molecule has 1 aromatic carbocycles. The van der Waals surface area contributed by atoms with Gasteiger partial charge in [0.2, 0.25) is 0 Å². The van der Waals surface area contributed by atoms with Crippen molar-refractivity contribution in [3.05, 3.63) is 34.6 Å². The smallest absolute Gasteiger partial charge is 0.123 e. The van der Waals surface area contributed by atoms with Gasteiger partial charge in [0, 0.05) is 18.1 Å². The minimum absolute atomic E-state index is 0.158. The van der Waals surface area contributed by atoms with Gasteiger partial charge in [-0.15, -0.1) is 0 Å². The minimum atomic E-state index is -0.628. The molecular formula is C14H18ClFO2. The van der Waals surface area contributed by atoms with Crippen molar-refractivity contribution in [2.75, 3.05) is 6.61 Å². The topological polar surface area (TPSA) is 29.5 Å². The van der Waals surface area contributed by atoms with Crippen LogP contribution in [0.2, 0.25) is 5.02 Å². The fraction of sp³-hybridized carbons (Fsp3) is 0.571. The average molecular weight is 273 g/mol. The first kappa shape index (κ1) is 13.8. The van der Waals surface area contributed by atoms with Crippen LogP contribution < -0.4 is 0 Å². The highest BCUT2D eigenvalue weighted by atomic mass is 35.5. The molecule has 1 saturated carbocycles. The summed E-state index contributed by atoms with van der Waals surface area (Å²) in [5.41, 5.74) is 0.634. The van der Waals surface area contributed by atoms with Crippen LogP contribution in [0.4, 0.5) is 4.39 Å². The summed E-state index contributed by atoms with van der Waals surface area (Å²) in [6, 6.07) is 4.21.